The molecule has 1 aliphatic rings. The van der Waals surface area contributed by atoms with Crippen molar-refractivity contribution in [2.24, 2.45) is 11.7 Å². The zero-order chi connectivity index (χ0) is 14.0. The van der Waals surface area contributed by atoms with Gasteiger partial charge in [-0.2, -0.15) is 13.2 Å². The van der Waals surface area contributed by atoms with Gasteiger partial charge in [-0.25, -0.2) is 4.39 Å². The molecule has 0 fully saturated rings. The summed E-state index contributed by atoms with van der Waals surface area (Å²) in [6, 6.07) is 1.51. The summed E-state index contributed by atoms with van der Waals surface area (Å²) in [6.45, 7) is 0.172. The molecule has 1 atom stereocenters. The average Bonchev–Trinajstić information content (AvgIpc) is 2.38. The second-order valence-electron chi connectivity index (χ2n) is 4.60. The third-order valence-corrected chi connectivity index (χ3v) is 3.34. The van der Waals surface area contributed by atoms with Crippen molar-refractivity contribution < 1.29 is 17.6 Å². The molecule has 1 aromatic heterocycles. The largest absolute Gasteiger partial charge is 0.392 e. The standard InChI is InChI=1S/C13H14F4N2/c14-12-7-19-10(6-18)5-11(12)8-1-3-9(4-2-8)13(15,16)17/h1,5,7,9H,2-4,6,18H2. The molecule has 1 heterocycles. The van der Waals surface area contributed by atoms with Crippen LogP contribution in [0.2, 0.25) is 0 Å². The van der Waals surface area contributed by atoms with E-state index in [4.69, 9.17) is 5.73 Å². The first-order chi connectivity index (χ1) is 8.91. The fourth-order valence-corrected chi connectivity index (χ4v) is 2.22. The van der Waals surface area contributed by atoms with Crippen LogP contribution in [0.25, 0.3) is 5.57 Å². The second-order valence-corrected chi connectivity index (χ2v) is 4.60. The number of hydrogen-bond acceptors (Lipinski definition) is 2. The lowest BCUT2D eigenvalue weighted by Gasteiger charge is -2.24. The zero-order valence-corrected chi connectivity index (χ0v) is 10.2. The van der Waals surface area contributed by atoms with E-state index in [2.05, 4.69) is 4.98 Å². The van der Waals surface area contributed by atoms with Gasteiger partial charge in [0.05, 0.1) is 17.8 Å². The first-order valence-electron chi connectivity index (χ1n) is 6.02. The third-order valence-electron chi connectivity index (χ3n) is 3.34. The Morgan fingerprint density at radius 1 is 1.37 bits per heavy atom. The molecule has 19 heavy (non-hydrogen) atoms. The Morgan fingerprint density at radius 3 is 2.63 bits per heavy atom. The van der Waals surface area contributed by atoms with Crippen LogP contribution in [0, 0.1) is 11.7 Å². The smallest absolute Gasteiger partial charge is 0.325 e. The van der Waals surface area contributed by atoms with Gasteiger partial charge in [-0.3, -0.25) is 4.98 Å². The summed E-state index contributed by atoms with van der Waals surface area (Å²) < 4.78 is 51.3. The van der Waals surface area contributed by atoms with Gasteiger partial charge in [-0.05, 0) is 30.9 Å². The van der Waals surface area contributed by atoms with E-state index in [1.807, 2.05) is 0 Å². The van der Waals surface area contributed by atoms with E-state index in [9.17, 15) is 17.6 Å². The first-order valence-corrected chi connectivity index (χ1v) is 6.02. The Hall–Kier alpha value is -1.43. The lowest BCUT2D eigenvalue weighted by molar-refractivity contribution is -0.175. The summed E-state index contributed by atoms with van der Waals surface area (Å²) in [5.41, 5.74) is 6.87. The number of alkyl halides is 3. The van der Waals surface area contributed by atoms with Gasteiger partial charge < -0.3 is 5.73 Å². The highest BCUT2D eigenvalue weighted by Gasteiger charge is 2.39. The van der Waals surface area contributed by atoms with Crippen molar-refractivity contribution in [3.8, 4) is 0 Å². The molecule has 1 aromatic rings. The van der Waals surface area contributed by atoms with Crippen LogP contribution in [-0.2, 0) is 6.54 Å². The normalized spacial score (nSPS) is 20.3. The zero-order valence-electron chi connectivity index (χ0n) is 10.2. The summed E-state index contributed by atoms with van der Waals surface area (Å²) in [4.78, 5) is 3.80. The minimum atomic E-state index is -4.18. The van der Waals surface area contributed by atoms with Crippen LogP contribution in [0.4, 0.5) is 17.6 Å². The van der Waals surface area contributed by atoms with Gasteiger partial charge in [0.2, 0.25) is 0 Å². The lowest BCUT2D eigenvalue weighted by atomic mass is 9.86. The minimum absolute atomic E-state index is 0.00491. The van der Waals surface area contributed by atoms with Crippen LogP contribution in [-0.4, -0.2) is 11.2 Å². The number of nitrogens with zero attached hydrogens (tertiary/aromatic N) is 1. The highest BCUT2D eigenvalue weighted by atomic mass is 19.4. The van der Waals surface area contributed by atoms with E-state index < -0.39 is 17.9 Å². The summed E-state index contributed by atoms with van der Waals surface area (Å²) in [6.07, 6.45) is -1.53. The maximum Gasteiger partial charge on any atom is 0.392 e. The summed E-state index contributed by atoms with van der Waals surface area (Å²) in [7, 11) is 0. The quantitative estimate of drug-likeness (QED) is 0.839. The van der Waals surface area contributed by atoms with Crippen molar-refractivity contribution in [2.75, 3.05) is 0 Å². The van der Waals surface area contributed by atoms with Gasteiger partial charge in [0.1, 0.15) is 5.82 Å². The van der Waals surface area contributed by atoms with E-state index >= 15 is 0 Å². The Balaban J connectivity index is 2.23. The molecule has 1 unspecified atom stereocenters. The van der Waals surface area contributed by atoms with Crippen LogP contribution in [0.5, 0.6) is 0 Å². The van der Waals surface area contributed by atoms with Gasteiger partial charge in [-0.15, -0.1) is 0 Å². The maximum atomic E-state index is 13.7. The highest BCUT2D eigenvalue weighted by Crippen LogP contribution is 2.39. The van der Waals surface area contributed by atoms with E-state index in [1.54, 1.807) is 0 Å². The van der Waals surface area contributed by atoms with Crippen molar-refractivity contribution in [1.29, 1.82) is 0 Å². The van der Waals surface area contributed by atoms with Crippen molar-refractivity contribution >= 4 is 5.57 Å². The number of allylic oxidation sites excluding steroid dienone is 2. The van der Waals surface area contributed by atoms with E-state index in [0.717, 1.165) is 6.20 Å². The maximum absolute atomic E-state index is 13.7. The molecule has 1 aliphatic carbocycles. The van der Waals surface area contributed by atoms with Gasteiger partial charge >= 0.3 is 6.18 Å². The molecule has 104 valence electrons. The van der Waals surface area contributed by atoms with Crippen LogP contribution >= 0.6 is 0 Å². The molecule has 0 aliphatic heterocycles. The Bertz CT molecular complexity index is 494. The molecular formula is C13H14F4N2. The monoisotopic (exact) mass is 274 g/mol. The number of aromatic nitrogens is 1. The molecule has 0 saturated heterocycles. The summed E-state index contributed by atoms with van der Waals surface area (Å²) in [5.74, 6) is -1.84. The molecule has 0 spiro atoms. The van der Waals surface area contributed by atoms with Crippen molar-refractivity contribution in [3.05, 3.63) is 35.4 Å². The number of rotatable bonds is 2. The summed E-state index contributed by atoms with van der Waals surface area (Å²) in [5, 5.41) is 0. The average molecular weight is 274 g/mol. The van der Waals surface area contributed by atoms with Crippen LogP contribution in [0.3, 0.4) is 0 Å². The predicted octanol–water partition coefficient (Wildman–Crippen LogP) is 3.43. The molecule has 0 amide bonds. The molecule has 2 rings (SSSR count). The molecular weight excluding hydrogens is 260 g/mol. The highest BCUT2D eigenvalue weighted by molar-refractivity contribution is 5.66. The number of pyridine rings is 1. The lowest BCUT2D eigenvalue weighted by Crippen LogP contribution is -2.24. The first kappa shape index (κ1) is 14.0. The number of nitrogens with two attached hydrogens (primary N) is 1. The Labute approximate surface area is 108 Å². The SMILES string of the molecule is NCc1cc(C2=CCC(C(F)(F)F)CC2)c(F)cn1. The van der Waals surface area contributed by atoms with Crippen molar-refractivity contribution in [2.45, 2.75) is 32.0 Å². The van der Waals surface area contributed by atoms with Crippen LogP contribution in [0.1, 0.15) is 30.5 Å². The Kier molecular flexibility index (Phi) is 3.89. The fourth-order valence-electron chi connectivity index (χ4n) is 2.22. The molecule has 0 radical (unpaired) electrons. The molecule has 2 nitrogen and oxygen atoms in total. The topological polar surface area (TPSA) is 38.9 Å². The third kappa shape index (κ3) is 3.12. The molecule has 6 heteroatoms. The second kappa shape index (κ2) is 5.28. The van der Waals surface area contributed by atoms with E-state index in [1.165, 1.54) is 12.1 Å². The summed E-state index contributed by atoms with van der Waals surface area (Å²) >= 11 is 0. The van der Waals surface area contributed by atoms with Gasteiger partial charge in [0.15, 0.2) is 0 Å². The Morgan fingerprint density at radius 2 is 2.11 bits per heavy atom. The van der Waals surface area contributed by atoms with Crippen molar-refractivity contribution in [1.82, 2.24) is 4.98 Å². The van der Waals surface area contributed by atoms with E-state index in [-0.39, 0.29) is 25.8 Å². The van der Waals surface area contributed by atoms with Crippen molar-refractivity contribution in [3.63, 3.8) is 0 Å². The molecule has 0 saturated carbocycles. The predicted molar refractivity (Wildman–Crippen MR) is 63.5 cm³/mol. The minimum Gasteiger partial charge on any atom is -0.325 e. The van der Waals surface area contributed by atoms with Gasteiger partial charge in [0, 0.05) is 12.1 Å². The van der Waals surface area contributed by atoms with Gasteiger partial charge in [-0.1, -0.05) is 6.08 Å². The number of halogens is 4. The molecule has 0 aromatic carbocycles. The molecule has 2 N–H and O–H groups in total. The van der Waals surface area contributed by atoms with Crippen LogP contribution in [0.15, 0.2) is 18.3 Å². The van der Waals surface area contributed by atoms with Gasteiger partial charge in [0.25, 0.3) is 0 Å². The van der Waals surface area contributed by atoms with E-state index in [0.29, 0.717) is 16.8 Å². The van der Waals surface area contributed by atoms with Crippen LogP contribution < -0.4 is 5.73 Å². The molecule has 0 bridgehead atoms. The number of hydrogen-bond donors (Lipinski definition) is 1. The fraction of sp³-hybridized carbons (Fsp3) is 0.462.